The minimum atomic E-state index is -5.02. The van der Waals surface area contributed by atoms with Crippen LogP contribution in [0.25, 0.3) is 0 Å². The van der Waals surface area contributed by atoms with E-state index in [0.717, 1.165) is 11.2 Å². The van der Waals surface area contributed by atoms with Gasteiger partial charge in [0.15, 0.2) is 5.84 Å². The molecule has 1 aromatic rings. The number of carbonyl (C=O) groups is 1. The number of hydrogen-bond acceptors (Lipinski definition) is 3. The Morgan fingerprint density at radius 3 is 1.96 bits per heavy atom. The normalized spacial score (nSPS) is 13.2. The molecule has 0 radical (unpaired) electrons. The summed E-state index contributed by atoms with van der Waals surface area (Å²) in [6, 6.07) is 0.854. The van der Waals surface area contributed by atoms with Gasteiger partial charge in [-0.05, 0) is 24.9 Å². The van der Waals surface area contributed by atoms with Crippen molar-refractivity contribution >= 4 is 18.5 Å². The van der Waals surface area contributed by atoms with Crippen molar-refractivity contribution < 1.29 is 36.2 Å². The summed E-state index contributed by atoms with van der Waals surface area (Å²) >= 11 is 0. The summed E-state index contributed by atoms with van der Waals surface area (Å²) in [7, 11) is 1.21. The van der Waals surface area contributed by atoms with Gasteiger partial charge in [-0.25, -0.2) is 9.79 Å². The van der Waals surface area contributed by atoms with Crippen molar-refractivity contribution in [3.8, 4) is 0 Å². The van der Waals surface area contributed by atoms with Gasteiger partial charge < -0.3 is 5.11 Å². The SMILES string of the molecule is C=N/C(=N\N(C)/C=C\C(=O)O)c1cc(C(F)(F)F)cc(C(F)(F)F)c1. The molecular weight excluding hydrogens is 356 g/mol. The lowest BCUT2D eigenvalue weighted by molar-refractivity contribution is -0.143. The molecule has 0 amide bonds. The summed E-state index contributed by atoms with van der Waals surface area (Å²) in [6.45, 7) is 3.06. The number of amidine groups is 1. The van der Waals surface area contributed by atoms with Crippen LogP contribution in [0.2, 0.25) is 0 Å². The zero-order valence-corrected chi connectivity index (χ0v) is 12.6. The first-order valence-corrected chi connectivity index (χ1v) is 6.33. The third-order valence-corrected chi connectivity index (χ3v) is 2.68. The van der Waals surface area contributed by atoms with E-state index in [1.54, 1.807) is 0 Å². The molecule has 136 valence electrons. The van der Waals surface area contributed by atoms with Gasteiger partial charge in [-0.15, -0.1) is 0 Å². The number of aliphatic carboxylic acids is 1. The highest BCUT2D eigenvalue weighted by Crippen LogP contribution is 2.36. The molecule has 0 aliphatic heterocycles. The maximum atomic E-state index is 12.8. The molecule has 1 aromatic carbocycles. The van der Waals surface area contributed by atoms with E-state index in [1.165, 1.54) is 7.05 Å². The summed E-state index contributed by atoms with van der Waals surface area (Å²) in [5, 5.41) is 12.9. The monoisotopic (exact) mass is 367 g/mol. The molecule has 0 heterocycles. The molecule has 0 bridgehead atoms. The Balaban J connectivity index is 3.46. The number of hydrazone groups is 1. The van der Waals surface area contributed by atoms with Gasteiger partial charge in [0.2, 0.25) is 0 Å². The molecule has 0 aliphatic carbocycles. The van der Waals surface area contributed by atoms with Crippen LogP contribution in [0.15, 0.2) is 40.6 Å². The van der Waals surface area contributed by atoms with Crippen molar-refractivity contribution in [2.75, 3.05) is 7.05 Å². The number of rotatable bonds is 4. The van der Waals surface area contributed by atoms with Crippen LogP contribution in [0.5, 0.6) is 0 Å². The van der Waals surface area contributed by atoms with Crippen LogP contribution in [0.3, 0.4) is 0 Å². The topological polar surface area (TPSA) is 65.3 Å². The molecule has 11 heteroatoms. The average Bonchev–Trinajstić information content (AvgIpc) is 2.48. The van der Waals surface area contributed by atoms with Crippen molar-refractivity contribution in [2.24, 2.45) is 10.1 Å². The van der Waals surface area contributed by atoms with E-state index in [-0.39, 0.29) is 6.07 Å². The molecule has 1 N–H and O–H groups in total. The Labute approximate surface area is 137 Å². The number of nitrogens with zero attached hydrogens (tertiary/aromatic N) is 3. The number of halogens is 6. The van der Waals surface area contributed by atoms with E-state index in [4.69, 9.17) is 5.11 Å². The molecule has 25 heavy (non-hydrogen) atoms. The highest BCUT2D eigenvalue weighted by Gasteiger charge is 2.37. The third kappa shape index (κ3) is 5.94. The van der Waals surface area contributed by atoms with Gasteiger partial charge in [0.1, 0.15) is 0 Å². The van der Waals surface area contributed by atoms with Gasteiger partial charge >= 0.3 is 18.3 Å². The maximum absolute atomic E-state index is 12.8. The Morgan fingerprint density at radius 1 is 1.12 bits per heavy atom. The molecule has 0 aromatic heterocycles. The van der Waals surface area contributed by atoms with Crippen LogP contribution in [0.1, 0.15) is 16.7 Å². The first-order valence-electron chi connectivity index (χ1n) is 6.33. The number of hydrogen-bond donors (Lipinski definition) is 1. The summed E-state index contributed by atoms with van der Waals surface area (Å²) in [5.41, 5.74) is -3.64. The molecule has 0 fully saturated rings. The van der Waals surface area contributed by atoms with E-state index >= 15 is 0 Å². The second-order valence-corrected chi connectivity index (χ2v) is 4.60. The Kier molecular flexibility index (Phi) is 5.95. The molecule has 0 spiro atoms. The smallest absolute Gasteiger partial charge is 0.416 e. The molecular formula is C14H11F6N3O2. The van der Waals surface area contributed by atoms with Gasteiger partial charge in [-0.1, -0.05) is 0 Å². The van der Waals surface area contributed by atoms with Crippen molar-refractivity contribution in [1.82, 2.24) is 5.01 Å². The maximum Gasteiger partial charge on any atom is 0.416 e. The largest absolute Gasteiger partial charge is 0.478 e. The molecule has 0 saturated carbocycles. The van der Waals surface area contributed by atoms with Gasteiger partial charge in [0.25, 0.3) is 0 Å². The van der Waals surface area contributed by atoms with Crippen LogP contribution in [-0.2, 0) is 17.1 Å². The predicted molar refractivity (Wildman–Crippen MR) is 77.1 cm³/mol. The number of carboxylic acids is 1. The highest BCUT2D eigenvalue weighted by molar-refractivity contribution is 6.01. The molecule has 1 rings (SSSR count). The van der Waals surface area contributed by atoms with Crippen LogP contribution < -0.4 is 0 Å². The lowest BCUT2D eigenvalue weighted by Gasteiger charge is -2.15. The summed E-state index contributed by atoms with van der Waals surface area (Å²) in [5.74, 6) is -1.87. The first kappa shape index (κ1) is 20.2. The fraction of sp³-hybridized carbons (Fsp3) is 0.214. The number of benzene rings is 1. The Morgan fingerprint density at radius 2 is 1.60 bits per heavy atom. The Bertz CT molecular complexity index is 690. The predicted octanol–water partition coefficient (Wildman–Crippen LogP) is 3.62. The molecule has 0 saturated heterocycles. The van der Waals surface area contributed by atoms with E-state index in [1.807, 2.05) is 0 Å². The quantitative estimate of drug-likeness (QED) is 0.291. The van der Waals surface area contributed by atoms with E-state index in [0.29, 0.717) is 18.2 Å². The zero-order valence-electron chi connectivity index (χ0n) is 12.6. The average molecular weight is 367 g/mol. The molecule has 0 unspecified atom stereocenters. The standard InChI is InChI=1S/C14H11F6N3O2/c1-21-12(22-23(2)4-3-11(24)25)8-5-9(13(15,16)17)7-10(6-8)14(18,19)20/h3-7H,1H2,2H3,(H,24,25)/b4-3-,22-12-. The first-order chi connectivity index (χ1) is 11.3. The van der Waals surface area contributed by atoms with Gasteiger partial charge in [0, 0.05) is 24.9 Å². The van der Waals surface area contributed by atoms with Gasteiger partial charge in [-0.2, -0.15) is 31.4 Å². The van der Waals surface area contributed by atoms with Crippen LogP contribution in [-0.4, -0.2) is 35.7 Å². The third-order valence-electron chi connectivity index (χ3n) is 2.68. The van der Waals surface area contributed by atoms with Crippen molar-refractivity contribution in [3.05, 3.63) is 47.2 Å². The van der Waals surface area contributed by atoms with E-state index < -0.39 is 40.8 Å². The highest BCUT2D eigenvalue weighted by atomic mass is 19.4. The summed E-state index contributed by atoms with van der Waals surface area (Å²) in [4.78, 5) is 13.7. The van der Waals surface area contributed by atoms with Gasteiger partial charge in [0.05, 0.1) is 11.1 Å². The lowest BCUT2D eigenvalue weighted by atomic mass is 10.0. The lowest BCUT2D eigenvalue weighted by Crippen LogP contribution is -2.14. The zero-order chi connectivity index (χ0) is 19.4. The second-order valence-electron chi connectivity index (χ2n) is 4.60. The Hall–Kier alpha value is -2.85. The van der Waals surface area contributed by atoms with E-state index in [2.05, 4.69) is 16.8 Å². The molecule has 0 atom stereocenters. The number of aliphatic imine (C=N–C) groups is 1. The van der Waals surface area contributed by atoms with Crippen molar-refractivity contribution in [2.45, 2.75) is 12.4 Å². The fourth-order valence-corrected chi connectivity index (χ4v) is 1.62. The summed E-state index contributed by atoms with van der Waals surface area (Å²) in [6.07, 6.45) is -8.45. The van der Waals surface area contributed by atoms with Crippen LogP contribution >= 0.6 is 0 Å². The molecule has 5 nitrogen and oxygen atoms in total. The van der Waals surface area contributed by atoms with Crippen molar-refractivity contribution in [3.63, 3.8) is 0 Å². The molecule has 0 aliphatic rings. The minimum absolute atomic E-state index is 0.0295. The second kappa shape index (κ2) is 7.36. The number of alkyl halides is 6. The van der Waals surface area contributed by atoms with E-state index in [9.17, 15) is 31.1 Å². The number of carboxylic acid groups (broad SMARTS) is 1. The fourth-order valence-electron chi connectivity index (χ4n) is 1.62. The van der Waals surface area contributed by atoms with Gasteiger partial charge in [-0.3, -0.25) is 5.01 Å². The summed E-state index contributed by atoms with van der Waals surface area (Å²) < 4.78 is 77.0. The van der Waals surface area contributed by atoms with Crippen LogP contribution in [0, 0.1) is 0 Å². The van der Waals surface area contributed by atoms with Crippen molar-refractivity contribution in [1.29, 1.82) is 0 Å². The minimum Gasteiger partial charge on any atom is -0.478 e. The van der Waals surface area contributed by atoms with Crippen LogP contribution in [0.4, 0.5) is 26.3 Å².